The zero-order valence-electron chi connectivity index (χ0n) is 8.25. The van der Waals surface area contributed by atoms with Gasteiger partial charge in [0.05, 0.1) is 7.57 Å². The van der Waals surface area contributed by atoms with Gasteiger partial charge in [0.15, 0.2) is 0 Å². The second-order valence-corrected chi connectivity index (χ2v) is 7.92. The molecule has 0 aliphatic carbocycles. The molecular formula is C11H6Br3FOS. The lowest BCUT2D eigenvalue weighted by molar-refractivity contribution is 0.214. The summed E-state index contributed by atoms with van der Waals surface area (Å²) in [6, 6.07) is 6.40. The van der Waals surface area contributed by atoms with Crippen LogP contribution in [0.1, 0.15) is 17.2 Å². The van der Waals surface area contributed by atoms with E-state index < -0.39 is 11.9 Å². The Morgan fingerprint density at radius 2 is 1.94 bits per heavy atom. The molecule has 2 rings (SSSR count). The molecule has 1 aromatic carbocycles. The van der Waals surface area contributed by atoms with Gasteiger partial charge in [0.25, 0.3) is 0 Å². The molecular weight excluding hydrogens is 439 g/mol. The van der Waals surface area contributed by atoms with Crippen LogP contribution < -0.4 is 0 Å². The molecule has 2 aromatic rings. The van der Waals surface area contributed by atoms with Crippen LogP contribution in [-0.4, -0.2) is 5.11 Å². The second-order valence-electron chi connectivity index (χ2n) is 3.32. The van der Waals surface area contributed by atoms with Gasteiger partial charge in [-0.15, -0.1) is 11.3 Å². The van der Waals surface area contributed by atoms with E-state index in [-0.39, 0.29) is 5.56 Å². The van der Waals surface area contributed by atoms with Crippen LogP contribution in [0.4, 0.5) is 4.39 Å². The van der Waals surface area contributed by atoms with Crippen molar-refractivity contribution in [2.45, 2.75) is 6.10 Å². The maximum absolute atomic E-state index is 13.7. The van der Waals surface area contributed by atoms with Crippen LogP contribution in [0.5, 0.6) is 0 Å². The Morgan fingerprint density at radius 3 is 2.47 bits per heavy atom. The first-order valence-corrected chi connectivity index (χ1v) is 7.77. The summed E-state index contributed by atoms with van der Waals surface area (Å²) in [6.07, 6.45) is -0.998. The van der Waals surface area contributed by atoms with Crippen LogP contribution in [0.15, 0.2) is 36.3 Å². The van der Waals surface area contributed by atoms with Gasteiger partial charge in [-0.25, -0.2) is 4.39 Å². The average molecular weight is 445 g/mol. The summed E-state index contributed by atoms with van der Waals surface area (Å²) in [5.74, 6) is -0.430. The van der Waals surface area contributed by atoms with Crippen molar-refractivity contribution in [3.8, 4) is 0 Å². The SMILES string of the molecule is OC(c1cc(Br)sc1Br)c1c(F)cccc1Br. The minimum atomic E-state index is -0.998. The van der Waals surface area contributed by atoms with Gasteiger partial charge in [0.1, 0.15) is 11.9 Å². The second kappa shape index (κ2) is 5.48. The number of hydrogen-bond acceptors (Lipinski definition) is 2. The van der Waals surface area contributed by atoms with Gasteiger partial charge in [-0.1, -0.05) is 22.0 Å². The fourth-order valence-electron chi connectivity index (χ4n) is 1.47. The van der Waals surface area contributed by atoms with E-state index in [1.54, 1.807) is 18.2 Å². The third kappa shape index (κ3) is 2.81. The van der Waals surface area contributed by atoms with Gasteiger partial charge in [0.2, 0.25) is 0 Å². The number of benzene rings is 1. The highest BCUT2D eigenvalue weighted by atomic mass is 79.9. The third-order valence-corrected chi connectivity index (χ3v) is 5.33. The van der Waals surface area contributed by atoms with Gasteiger partial charge in [-0.3, -0.25) is 0 Å². The lowest BCUT2D eigenvalue weighted by Gasteiger charge is -2.13. The van der Waals surface area contributed by atoms with E-state index in [0.717, 1.165) is 7.57 Å². The maximum Gasteiger partial charge on any atom is 0.130 e. The summed E-state index contributed by atoms with van der Waals surface area (Å²) >= 11 is 11.4. The average Bonchev–Trinajstić information content (AvgIpc) is 2.57. The minimum absolute atomic E-state index is 0.249. The fraction of sp³-hybridized carbons (Fsp3) is 0.0909. The third-order valence-electron chi connectivity index (χ3n) is 2.25. The molecule has 1 heterocycles. The summed E-state index contributed by atoms with van der Waals surface area (Å²) in [6.45, 7) is 0. The van der Waals surface area contributed by atoms with E-state index in [4.69, 9.17) is 0 Å². The molecule has 1 N–H and O–H groups in total. The predicted octanol–water partition coefficient (Wildman–Crippen LogP) is 5.26. The largest absolute Gasteiger partial charge is 0.383 e. The van der Waals surface area contributed by atoms with E-state index in [2.05, 4.69) is 47.8 Å². The molecule has 0 aliphatic heterocycles. The van der Waals surface area contributed by atoms with Crippen LogP contribution in [0, 0.1) is 5.82 Å². The Morgan fingerprint density at radius 1 is 1.24 bits per heavy atom. The van der Waals surface area contributed by atoms with Gasteiger partial charge < -0.3 is 5.11 Å². The Bertz CT molecular complexity index is 535. The molecule has 1 aromatic heterocycles. The topological polar surface area (TPSA) is 20.2 Å². The van der Waals surface area contributed by atoms with Gasteiger partial charge in [-0.05, 0) is 50.1 Å². The van der Waals surface area contributed by atoms with Crippen molar-refractivity contribution in [3.05, 3.63) is 53.3 Å². The Hall–Kier alpha value is 0.250. The number of aliphatic hydroxyl groups is 1. The molecule has 0 radical (unpaired) electrons. The Balaban J connectivity index is 2.51. The minimum Gasteiger partial charge on any atom is -0.383 e. The standard InChI is InChI=1S/C11H6Br3FOS/c12-6-2-1-3-7(15)9(6)10(16)5-4-8(13)17-11(5)14/h1-4,10,16H. The first-order valence-electron chi connectivity index (χ1n) is 4.57. The lowest BCUT2D eigenvalue weighted by Crippen LogP contribution is -2.03. The molecule has 6 heteroatoms. The first-order chi connectivity index (χ1) is 8.00. The molecule has 0 saturated heterocycles. The summed E-state index contributed by atoms with van der Waals surface area (Å²) in [4.78, 5) is 0. The van der Waals surface area contributed by atoms with Crippen molar-refractivity contribution in [2.75, 3.05) is 0 Å². The van der Waals surface area contributed by atoms with E-state index in [1.165, 1.54) is 17.4 Å². The summed E-state index contributed by atoms with van der Waals surface area (Å²) < 4.78 is 15.9. The monoisotopic (exact) mass is 442 g/mol. The van der Waals surface area contributed by atoms with E-state index in [0.29, 0.717) is 10.0 Å². The molecule has 17 heavy (non-hydrogen) atoms. The normalized spacial score (nSPS) is 12.8. The number of halogens is 4. The number of rotatable bonds is 2. The molecule has 0 aliphatic rings. The molecule has 0 spiro atoms. The van der Waals surface area contributed by atoms with Gasteiger partial charge in [-0.2, -0.15) is 0 Å². The molecule has 1 atom stereocenters. The summed E-state index contributed by atoms with van der Waals surface area (Å²) in [5, 5.41) is 10.2. The smallest absolute Gasteiger partial charge is 0.130 e. The quantitative estimate of drug-likeness (QED) is 0.670. The highest BCUT2D eigenvalue weighted by molar-refractivity contribution is 9.12. The highest BCUT2D eigenvalue weighted by Crippen LogP contribution is 2.40. The van der Waals surface area contributed by atoms with Crippen molar-refractivity contribution in [2.24, 2.45) is 0 Å². The number of hydrogen-bond donors (Lipinski definition) is 1. The highest BCUT2D eigenvalue weighted by Gasteiger charge is 2.21. The Kier molecular flexibility index (Phi) is 4.41. The van der Waals surface area contributed by atoms with Gasteiger partial charge >= 0.3 is 0 Å². The molecule has 0 amide bonds. The van der Waals surface area contributed by atoms with Gasteiger partial charge in [0, 0.05) is 15.6 Å². The van der Waals surface area contributed by atoms with Crippen molar-refractivity contribution < 1.29 is 9.50 Å². The first kappa shape index (κ1) is 13.7. The molecule has 1 nitrogen and oxygen atoms in total. The maximum atomic E-state index is 13.7. The van der Waals surface area contributed by atoms with E-state index in [9.17, 15) is 9.50 Å². The van der Waals surface area contributed by atoms with Crippen molar-refractivity contribution in [3.63, 3.8) is 0 Å². The summed E-state index contributed by atoms with van der Waals surface area (Å²) in [5.41, 5.74) is 0.895. The van der Waals surface area contributed by atoms with Crippen molar-refractivity contribution in [1.82, 2.24) is 0 Å². The molecule has 0 saturated carbocycles. The van der Waals surface area contributed by atoms with Crippen molar-refractivity contribution >= 4 is 59.1 Å². The van der Waals surface area contributed by atoms with Crippen LogP contribution in [0.25, 0.3) is 0 Å². The molecule has 90 valence electrons. The van der Waals surface area contributed by atoms with Crippen LogP contribution >= 0.6 is 59.1 Å². The molecule has 1 unspecified atom stereocenters. The zero-order chi connectivity index (χ0) is 12.6. The van der Waals surface area contributed by atoms with Crippen LogP contribution in [-0.2, 0) is 0 Å². The molecule has 0 bridgehead atoms. The van der Waals surface area contributed by atoms with Crippen LogP contribution in [0.3, 0.4) is 0 Å². The zero-order valence-corrected chi connectivity index (χ0v) is 13.8. The predicted molar refractivity (Wildman–Crippen MR) is 77.9 cm³/mol. The molecule has 0 fully saturated rings. The lowest BCUT2D eigenvalue weighted by atomic mass is 10.0. The number of thiophene rings is 1. The summed E-state index contributed by atoms with van der Waals surface area (Å²) in [7, 11) is 0. The fourth-order valence-corrected chi connectivity index (χ4v) is 4.91. The Labute approximate surface area is 127 Å². The van der Waals surface area contributed by atoms with E-state index >= 15 is 0 Å². The van der Waals surface area contributed by atoms with Crippen molar-refractivity contribution in [1.29, 1.82) is 0 Å². The number of aliphatic hydroxyl groups excluding tert-OH is 1. The van der Waals surface area contributed by atoms with E-state index in [1.807, 2.05) is 0 Å². The van der Waals surface area contributed by atoms with Crippen LogP contribution in [0.2, 0.25) is 0 Å².